The van der Waals surface area contributed by atoms with Crippen LogP contribution in [0.2, 0.25) is 0 Å². The number of hydrogen-bond donors (Lipinski definition) is 0. The minimum Gasteiger partial charge on any atom is -0.317 e. The molecule has 3 rings (SSSR count). The summed E-state index contributed by atoms with van der Waals surface area (Å²) in [5.41, 5.74) is 0.388. The number of benzene rings is 1. The second-order valence-corrected chi connectivity index (χ2v) is 5.12. The van der Waals surface area contributed by atoms with Crippen molar-refractivity contribution in [2.45, 2.75) is 37.9 Å². The molecule has 0 unspecified atom stereocenters. The fourth-order valence-electron chi connectivity index (χ4n) is 2.55. The van der Waals surface area contributed by atoms with E-state index in [0.29, 0.717) is 5.69 Å². The normalized spacial score (nSPS) is 23.4. The van der Waals surface area contributed by atoms with Crippen LogP contribution in [0.5, 0.6) is 0 Å². The summed E-state index contributed by atoms with van der Waals surface area (Å²) in [6, 6.07) is 6.43. The number of para-hydroxylation sites is 1. The van der Waals surface area contributed by atoms with Crippen LogP contribution in [-0.4, -0.2) is 19.2 Å². The molecule has 1 aliphatic heterocycles. The third kappa shape index (κ3) is 2.93. The van der Waals surface area contributed by atoms with E-state index in [1.54, 1.807) is 23.1 Å². The molecule has 1 heterocycles. The molecule has 2 fully saturated rings. The van der Waals surface area contributed by atoms with Crippen LogP contribution < -0.4 is 4.90 Å². The molecule has 1 aromatic rings. The van der Waals surface area contributed by atoms with E-state index in [2.05, 4.69) is 0 Å². The fourth-order valence-corrected chi connectivity index (χ4v) is 2.55. The summed E-state index contributed by atoms with van der Waals surface area (Å²) in [5, 5.41) is 0. The number of rotatable bonds is 1. The summed E-state index contributed by atoms with van der Waals surface area (Å²) < 4.78 is 13.7. The maximum Gasteiger partial charge on any atom is 0.234 e. The molecule has 0 bridgehead atoms. The van der Waals surface area contributed by atoms with Crippen molar-refractivity contribution in [1.82, 2.24) is 0 Å². The fraction of sp³-hybridized carbons (Fsp3) is 0.571. The highest BCUT2D eigenvalue weighted by Crippen LogP contribution is 2.34. The Labute approximate surface area is 117 Å². The van der Waals surface area contributed by atoms with E-state index in [1.165, 1.54) is 6.07 Å². The molecule has 1 aromatic carbocycles. The van der Waals surface area contributed by atoms with Crippen LogP contribution in [0, 0.1) is 5.82 Å². The molecule has 5 nitrogen and oxygen atoms in total. The average Bonchev–Trinajstić information content (AvgIpc) is 2.45. The van der Waals surface area contributed by atoms with Crippen LogP contribution in [0.25, 0.3) is 0 Å². The van der Waals surface area contributed by atoms with E-state index in [-0.39, 0.29) is 19.3 Å². The lowest BCUT2D eigenvalue weighted by Crippen LogP contribution is -2.44. The Morgan fingerprint density at radius 2 is 1.60 bits per heavy atom. The Morgan fingerprint density at radius 1 is 0.950 bits per heavy atom. The summed E-state index contributed by atoms with van der Waals surface area (Å²) in [4.78, 5) is 22.8. The van der Waals surface area contributed by atoms with Crippen LogP contribution in [0.1, 0.15) is 32.1 Å². The Morgan fingerprint density at radius 3 is 2.25 bits per heavy atom. The zero-order valence-electron chi connectivity index (χ0n) is 11.2. The number of anilines is 1. The molecule has 1 spiro atoms. The van der Waals surface area contributed by atoms with Crippen molar-refractivity contribution in [2.75, 3.05) is 18.4 Å². The van der Waals surface area contributed by atoms with Gasteiger partial charge in [0, 0.05) is 12.8 Å². The van der Waals surface area contributed by atoms with Crippen molar-refractivity contribution in [3.63, 3.8) is 0 Å². The van der Waals surface area contributed by atoms with Crippen LogP contribution in [-0.2, 0) is 19.6 Å². The van der Waals surface area contributed by atoms with E-state index >= 15 is 0 Å². The van der Waals surface area contributed by atoms with E-state index in [1.807, 2.05) is 0 Å². The van der Waals surface area contributed by atoms with Gasteiger partial charge in [-0.05, 0) is 25.0 Å². The molecule has 20 heavy (non-hydrogen) atoms. The van der Waals surface area contributed by atoms with Crippen LogP contribution >= 0.6 is 0 Å². The van der Waals surface area contributed by atoms with Crippen molar-refractivity contribution >= 4 is 5.69 Å². The van der Waals surface area contributed by atoms with Crippen molar-refractivity contribution in [3.05, 3.63) is 30.1 Å². The molecule has 110 valence electrons. The smallest absolute Gasteiger partial charge is 0.234 e. The first-order valence-electron chi connectivity index (χ1n) is 6.90. The van der Waals surface area contributed by atoms with E-state index in [0.717, 1.165) is 32.1 Å². The maximum absolute atomic E-state index is 13.7. The van der Waals surface area contributed by atoms with Crippen molar-refractivity contribution in [3.8, 4) is 0 Å². The number of nitrogens with zero attached hydrogens (tertiary/aromatic N) is 1. The summed E-state index contributed by atoms with van der Waals surface area (Å²) in [7, 11) is 0. The third-order valence-corrected chi connectivity index (χ3v) is 3.65. The molecule has 0 radical (unpaired) electrons. The van der Waals surface area contributed by atoms with Crippen LogP contribution in [0.4, 0.5) is 10.1 Å². The van der Waals surface area contributed by atoms with Gasteiger partial charge in [-0.15, -0.1) is 0 Å². The molecular formula is C14H18FNO4. The first-order valence-corrected chi connectivity index (χ1v) is 6.90. The van der Waals surface area contributed by atoms with Gasteiger partial charge in [0.25, 0.3) is 0 Å². The summed E-state index contributed by atoms with van der Waals surface area (Å²) >= 11 is 0. The van der Waals surface area contributed by atoms with E-state index in [9.17, 15) is 4.39 Å². The first-order chi connectivity index (χ1) is 9.79. The van der Waals surface area contributed by atoms with Gasteiger partial charge >= 0.3 is 0 Å². The molecular weight excluding hydrogens is 265 g/mol. The van der Waals surface area contributed by atoms with Gasteiger partial charge in [-0.25, -0.2) is 14.2 Å². The SMILES string of the molecule is Fc1ccccc1N1COOC2(CCCCC2)OOC1. The number of halogens is 1. The lowest BCUT2D eigenvalue weighted by atomic mass is 9.94. The summed E-state index contributed by atoms with van der Waals surface area (Å²) in [6.07, 6.45) is 4.68. The zero-order chi connectivity index (χ0) is 13.8. The largest absolute Gasteiger partial charge is 0.317 e. The topological polar surface area (TPSA) is 40.2 Å². The van der Waals surface area contributed by atoms with Crippen molar-refractivity contribution < 1.29 is 23.9 Å². The highest BCUT2D eigenvalue weighted by Gasteiger charge is 2.38. The molecule has 0 amide bonds. The quantitative estimate of drug-likeness (QED) is 0.741. The van der Waals surface area contributed by atoms with Crippen molar-refractivity contribution in [2.24, 2.45) is 0 Å². The van der Waals surface area contributed by atoms with Gasteiger partial charge in [0.1, 0.15) is 5.82 Å². The Bertz CT molecular complexity index is 439. The van der Waals surface area contributed by atoms with Gasteiger partial charge in [0.05, 0.1) is 5.69 Å². The van der Waals surface area contributed by atoms with Crippen molar-refractivity contribution in [1.29, 1.82) is 0 Å². The Balaban J connectivity index is 1.65. The minimum absolute atomic E-state index is 0.0893. The Hall–Kier alpha value is -1.21. The van der Waals surface area contributed by atoms with Gasteiger partial charge < -0.3 is 4.90 Å². The van der Waals surface area contributed by atoms with Crippen LogP contribution in [0.15, 0.2) is 24.3 Å². The summed E-state index contributed by atoms with van der Waals surface area (Å²) in [6.45, 7) is 0.179. The molecule has 6 heteroatoms. The maximum atomic E-state index is 13.7. The monoisotopic (exact) mass is 283 g/mol. The predicted octanol–water partition coefficient (Wildman–Crippen LogP) is 3.12. The standard InChI is InChI=1S/C14H18FNO4/c15-12-6-2-3-7-13(12)16-10-17-19-14(20-18-11-16)8-4-1-5-9-14/h2-3,6-7H,1,4-5,8-11H2. The highest BCUT2D eigenvalue weighted by atomic mass is 19.1. The second kappa shape index (κ2) is 6.05. The number of hydrogen-bond acceptors (Lipinski definition) is 5. The van der Waals surface area contributed by atoms with Gasteiger partial charge in [-0.3, -0.25) is 0 Å². The minimum atomic E-state index is -0.806. The zero-order valence-corrected chi connectivity index (χ0v) is 11.2. The van der Waals surface area contributed by atoms with Gasteiger partial charge in [-0.1, -0.05) is 18.6 Å². The first kappa shape index (κ1) is 13.8. The average molecular weight is 283 g/mol. The van der Waals surface area contributed by atoms with Gasteiger partial charge in [0.15, 0.2) is 13.5 Å². The predicted molar refractivity (Wildman–Crippen MR) is 68.8 cm³/mol. The van der Waals surface area contributed by atoms with E-state index < -0.39 is 5.79 Å². The third-order valence-electron chi connectivity index (χ3n) is 3.65. The molecule has 0 N–H and O–H groups in total. The molecule has 0 atom stereocenters. The van der Waals surface area contributed by atoms with E-state index in [4.69, 9.17) is 19.6 Å². The highest BCUT2D eigenvalue weighted by molar-refractivity contribution is 5.46. The molecule has 1 saturated heterocycles. The van der Waals surface area contributed by atoms with Crippen LogP contribution in [0.3, 0.4) is 0 Å². The molecule has 1 saturated carbocycles. The summed E-state index contributed by atoms with van der Waals surface area (Å²) in [5.74, 6) is -1.15. The second-order valence-electron chi connectivity index (χ2n) is 5.12. The molecule has 2 aliphatic rings. The lowest BCUT2D eigenvalue weighted by molar-refractivity contribution is -0.527. The Kier molecular flexibility index (Phi) is 4.16. The molecule has 0 aromatic heterocycles. The lowest BCUT2D eigenvalue weighted by Gasteiger charge is -2.37. The molecule has 1 aliphatic carbocycles. The van der Waals surface area contributed by atoms with Gasteiger partial charge in [-0.2, -0.15) is 9.78 Å². The van der Waals surface area contributed by atoms with Gasteiger partial charge in [0.2, 0.25) is 5.79 Å².